The zero-order chi connectivity index (χ0) is 19.9. The maximum Gasteiger partial charge on any atom is 0.161 e. The zero-order valence-electron chi connectivity index (χ0n) is 15.8. The summed E-state index contributed by atoms with van der Waals surface area (Å²) in [7, 11) is 1.60. The SMILES string of the molecule is COc1cc(C=C(C#N)c2ccccc2Cl)ccc1OCc1cccc(C)c1. The summed E-state index contributed by atoms with van der Waals surface area (Å²) in [4.78, 5) is 0. The van der Waals surface area contributed by atoms with Gasteiger partial charge >= 0.3 is 0 Å². The van der Waals surface area contributed by atoms with Gasteiger partial charge in [-0.3, -0.25) is 0 Å². The van der Waals surface area contributed by atoms with Crippen LogP contribution in [0.5, 0.6) is 11.5 Å². The molecule has 3 aromatic carbocycles. The molecule has 0 atom stereocenters. The molecule has 3 rings (SSSR count). The van der Waals surface area contributed by atoms with E-state index in [1.165, 1.54) is 5.56 Å². The molecule has 0 saturated carbocycles. The van der Waals surface area contributed by atoms with Crippen molar-refractivity contribution >= 4 is 23.3 Å². The number of benzene rings is 3. The second-order valence-corrected chi connectivity index (χ2v) is 6.74. The topological polar surface area (TPSA) is 42.2 Å². The molecule has 4 heteroatoms. The third-order valence-corrected chi connectivity index (χ3v) is 4.59. The number of hydrogen-bond donors (Lipinski definition) is 0. The molecule has 0 N–H and O–H groups in total. The monoisotopic (exact) mass is 389 g/mol. The highest BCUT2D eigenvalue weighted by molar-refractivity contribution is 6.32. The van der Waals surface area contributed by atoms with Crippen molar-refractivity contribution in [2.75, 3.05) is 7.11 Å². The lowest BCUT2D eigenvalue weighted by Gasteiger charge is -2.12. The van der Waals surface area contributed by atoms with Gasteiger partial charge in [-0.1, -0.05) is 65.7 Å². The first-order valence-electron chi connectivity index (χ1n) is 8.84. The summed E-state index contributed by atoms with van der Waals surface area (Å²) in [5.74, 6) is 1.26. The van der Waals surface area contributed by atoms with Crippen molar-refractivity contribution in [1.82, 2.24) is 0 Å². The predicted octanol–water partition coefficient (Wildman–Crippen LogP) is 6.30. The number of aryl methyl sites for hydroxylation is 1. The molecule has 3 nitrogen and oxygen atoms in total. The van der Waals surface area contributed by atoms with Crippen LogP contribution in [0.25, 0.3) is 11.6 Å². The first-order valence-corrected chi connectivity index (χ1v) is 9.21. The second kappa shape index (κ2) is 9.12. The number of ether oxygens (including phenoxy) is 2. The Labute approximate surface area is 170 Å². The minimum atomic E-state index is 0.455. The van der Waals surface area contributed by atoms with E-state index in [2.05, 4.69) is 25.1 Å². The second-order valence-electron chi connectivity index (χ2n) is 6.34. The number of hydrogen-bond acceptors (Lipinski definition) is 3. The fourth-order valence-corrected chi connectivity index (χ4v) is 3.11. The van der Waals surface area contributed by atoms with Crippen molar-refractivity contribution in [1.29, 1.82) is 5.26 Å². The van der Waals surface area contributed by atoms with Crippen molar-refractivity contribution in [3.63, 3.8) is 0 Å². The van der Waals surface area contributed by atoms with Crippen LogP contribution in [-0.4, -0.2) is 7.11 Å². The predicted molar refractivity (Wildman–Crippen MR) is 113 cm³/mol. The van der Waals surface area contributed by atoms with E-state index in [0.29, 0.717) is 34.3 Å². The molecule has 0 bridgehead atoms. The van der Waals surface area contributed by atoms with E-state index in [0.717, 1.165) is 11.1 Å². The number of nitrogens with zero attached hydrogens (tertiary/aromatic N) is 1. The highest BCUT2D eigenvalue weighted by atomic mass is 35.5. The van der Waals surface area contributed by atoms with Gasteiger partial charge in [-0.25, -0.2) is 0 Å². The quantitative estimate of drug-likeness (QED) is 0.367. The van der Waals surface area contributed by atoms with Gasteiger partial charge in [-0.15, -0.1) is 0 Å². The molecule has 0 unspecified atom stereocenters. The molecule has 140 valence electrons. The van der Waals surface area contributed by atoms with Crippen LogP contribution in [0.4, 0.5) is 0 Å². The van der Waals surface area contributed by atoms with Gasteiger partial charge in [-0.2, -0.15) is 5.26 Å². The van der Waals surface area contributed by atoms with Crippen molar-refractivity contribution in [2.24, 2.45) is 0 Å². The van der Waals surface area contributed by atoms with Gasteiger partial charge in [0.25, 0.3) is 0 Å². The van der Waals surface area contributed by atoms with E-state index in [4.69, 9.17) is 21.1 Å². The molecule has 0 saturated heterocycles. The average molecular weight is 390 g/mol. The Kier molecular flexibility index (Phi) is 6.37. The molecule has 0 aliphatic carbocycles. The van der Waals surface area contributed by atoms with E-state index < -0.39 is 0 Å². The molecule has 0 fully saturated rings. The number of allylic oxidation sites excluding steroid dienone is 1. The molecule has 0 amide bonds. The average Bonchev–Trinajstić information content (AvgIpc) is 2.71. The van der Waals surface area contributed by atoms with Crippen LogP contribution in [-0.2, 0) is 6.61 Å². The van der Waals surface area contributed by atoms with Crippen LogP contribution in [0, 0.1) is 18.3 Å². The molecule has 0 aromatic heterocycles. The van der Waals surface area contributed by atoms with Crippen molar-refractivity contribution in [3.8, 4) is 17.6 Å². The fourth-order valence-electron chi connectivity index (χ4n) is 2.87. The maximum absolute atomic E-state index is 9.55. The summed E-state index contributed by atoms with van der Waals surface area (Å²) in [6.07, 6.45) is 1.79. The van der Waals surface area contributed by atoms with E-state index in [9.17, 15) is 5.26 Å². The van der Waals surface area contributed by atoms with E-state index in [-0.39, 0.29) is 0 Å². The fraction of sp³-hybridized carbons (Fsp3) is 0.125. The number of halogens is 1. The number of nitriles is 1. The Morgan fingerprint density at radius 2 is 1.86 bits per heavy atom. The third-order valence-electron chi connectivity index (χ3n) is 4.26. The van der Waals surface area contributed by atoms with Crippen LogP contribution >= 0.6 is 11.6 Å². The van der Waals surface area contributed by atoms with Gasteiger partial charge in [0.05, 0.1) is 18.8 Å². The van der Waals surface area contributed by atoms with Gasteiger partial charge in [0, 0.05) is 10.6 Å². The molecular weight excluding hydrogens is 370 g/mol. The van der Waals surface area contributed by atoms with Gasteiger partial charge in [0.15, 0.2) is 11.5 Å². The normalized spacial score (nSPS) is 11.0. The van der Waals surface area contributed by atoms with E-state index in [1.807, 2.05) is 48.5 Å². The Morgan fingerprint density at radius 3 is 2.57 bits per heavy atom. The molecule has 0 aliphatic rings. The van der Waals surface area contributed by atoms with Crippen molar-refractivity contribution in [2.45, 2.75) is 13.5 Å². The summed E-state index contributed by atoms with van der Waals surface area (Å²) in [5, 5.41) is 10.1. The minimum absolute atomic E-state index is 0.455. The molecule has 0 radical (unpaired) electrons. The maximum atomic E-state index is 9.55. The van der Waals surface area contributed by atoms with Crippen LogP contribution in [0.2, 0.25) is 5.02 Å². The Morgan fingerprint density at radius 1 is 1.04 bits per heavy atom. The standard InChI is InChI=1S/C24H20ClNO2/c1-17-6-5-7-19(12-17)16-28-23-11-10-18(14-24(23)27-2)13-20(15-26)21-8-3-4-9-22(21)25/h3-14H,16H2,1-2H3. The molecular formula is C24H20ClNO2. The lowest BCUT2D eigenvalue weighted by atomic mass is 10.0. The van der Waals surface area contributed by atoms with Gasteiger partial charge in [-0.05, 0) is 42.3 Å². The van der Waals surface area contributed by atoms with Crippen molar-refractivity contribution < 1.29 is 9.47 Å². The van der Waals surface area contributed by atoms with E-state index >= 15 is 0 Å². The van der Waals surface area contributed by atoms with Crippen molar-refractivity contribution in [3.05, 3.63) is 94.0 Å². The summed E-state index contributed by atoms with van der Waals surface area (Å²) in [5.41, 5.74) is 4.30. The number of rotatable bonds is 6. The Balaban J connectivity index is 1.84. The summed E-state index contributed by atoms with van der Waals surface area (Å²) in [6.45, 7) is 2.51. The third kappa shape index (κ3) is 4.73. The summed E-state index contributed by atoms with van der Waals surface area (Å²) >= 11 is 6.22. The van der Waals surface area contributed by atoms with Gasteiger partial charge in [0.2, 0.25) is 0 Å². The Hall–Kier alpha value is -3.22. The highest BCUT2D eigenvalue weighted by Crippen LogP contribution is 2.31. The first-order chi connectivity index (χ1) is 13.6. The van der Waals surface area contributed by atoms with Gasteiger partial charge in [0.1, 0.15) is 6.61 Å². The number of methoxy groups -OCH3 is 1. The van der Waals surface area contributed by atoms with Crippen LogP contribution < -0.4 is 9.47 Å². The smallest absolute Gasteiger partial charge is 0.161 e. The Bertz CT molecular complexity index is 1050. The molecule has 0 aliphatic heterocycles. The minimum Gasteiger partial charge on any atom is -0.493 e. The van der Waals surface area contributed by atoms with Crippen LogP contribution in [0.1, 0.15) is 22.3 Å². The van der Waals surface area contributed by atoms with Crippen LogP contribution in [0.3, 0.4) is 0 Å². The molecule has 28 heavy (non-hydrogen) atoms. The van der Waals surface area contributed by atoms with Gasteiger partial charge < -0.3 is 9.47 Å². The molecule has 0 heterocycles. The summed E-state index contributed by atoms with van der Waals surface area (Å²) < 4.78 is 11.4. The van der Waals surface area contributed by atoms with Crippen LogP contribution in [0.15, 0.2) is 66.7 Å². The summed E-state index contributed by atoms with van der Waals surface area (Å²) in [6, 6.07) is 23.3. The highest BCUT2D eigenvalue weighted by Gasteiger charge is 2.09. The molecule has 3 aromatic rings. The lowest BCUT2D eigenvalue weighted by Crippen LogP contribution is -1.98. The lowest BCUT2D eigenvalue weighted by molar-refractivity contribution is 0.284. The molecule has 0 spiro atoms. The van der Waals surface area contributed by atoms with E-state index in [1.54, 1.807) is 19.3 Å². The zero-order valence-corrected chi connectivity index (χ0v) is 16.5. The largest absolute Gasteiger partial charge is 0.493 e. The first kappa shape index (κ1) is 19.5.